The molecule has 0 spiro atoms. The smallest absolute Gasteiger partial charge is 0.334 e. The molecule has 1 saturated heterocycles. The summed E-state index contributed by atoms with van der Waals surface area (Å²) < 4.78 is 38.3. The van der Waals surface area contributed by atoms with E-state index >= 15 is 0 Å². The van der Waals surface area contributed by atoms with E-state index in [9.17, 15) is 18.0 Å². The van der Waals surface area contributed by atoms with Gasteiger partial charge in [-0.1, -0.05) is 6.92 Å². The summed E-state index contributed by atoms with van der Waals surface area (Å²) in [6.45, 7) is 4.49. The molecular formula is C24H25F3N6O. The Balaban J connectivity index is 1.56. The Bertz CT molecular complexity index is 1140. The average Bonchev–Trinajstić information content (AvgIpc) is 2.83. The van der Waals surface area contributed by atoms with Crippen molar-refractivity contribution in [1.82, 2.24) is 29.8 Å². The molecule has 0 aromatic carbocycles. The van der Waals surface area contributed by atoms with E-state index in [2.05, 4.69) is 31.8 Å². The number of rotatable bonds is 5. The van der Waals surface area contributed by atoms with Crippen LogP contribution in [0.2, 0.25) is 0 Å². The van der Waals surface area contributed by atoms with E-state index in [1.807, 2.05) is 24.0 Å². The number of carbonyl (C=O) groups is 1. The van der Waals surface area contributed by atoms with Gasteiger partial charge in [-0.25, -0.2) is 24.9 Å². The Morgan fingerprint density at radius 3 is 2.47 bits per heavy atom. The number of hydrogen-bond acceptors (Lipinski definition) is 6. The molecule has 178 valence electrons. The number of pyridine rings is 1. The molecular weight excluding hydrogens is 445 g/mol. The van der Waals surface area contributed by atoms with Gasteiger partial charge in [-0.05, 0) is 50.3 Å². The van der Waals surface area contributed by atoms with Crippen molar-refractivity contribution >= 4 is 5.91 Å². The van der Waals surface area contributed by atoms with Crippen LogP contribution in [-0.2, 0) is 12.6 Å². The minimum Gasteiger partial charge on any atom is -0.334 e. The first-order valence-electron chi connectivity index (χ1n) is 11.2. The van der Waals surface area contributed by atoms with Gasteiger partial charge in [-0.15, -0.1) is 0 Å². The van der Waals surface area contributed by atoms with Crippen LogP contribution in [-0.4, -0.2) is 48.3 Å². The van der Waals surface area contributed by atoms with Gasteiger partial charge in [0, 0.05) is 49.5 Å². The van der Waals surface area contributed by atoms with E-state index in [0.717, 1.165) is 25.2 Å². The topological polar surface area (TPSA) is 84.8 Å². The Hall–Kier alpha value is -3.43. The van der Waals surface area contributed by atoms with Crippen molar-refractivity contribution in [2.24, 2.45) is 5.92 Å². The van der Waals surface area contributed by atoms with Crippen LogP contribution < -0.4 is 0 Å². The van der Waals surface area contributed by atoms with Gasteiger partial charge >= 0.3 is 6.18 Å². The van der Waals surface area contributed by atoms with Crippen molar-refractivity contribution < 1.29 is 18.0 Å². The monoisotopic (exact) mass is 470 g/mol. The van der Waals surface area contributed by atoms with Crippen molar-refractivity contribution in [3.8, 4) is 11.4 Å². The second-order valence-corrected chi connectivity index (χ2v) is 8.64. The summed E-state index contributed by atoms with van der Waals surface area (Å²) in [7, 11) is 0. The fourth-order valence-corrected chi connectivity index (χ4v) is 4.16. The zero-order valence-electron chi connectivity index (χ0n) is 19.0. The third-order valence-corrected chi connectivity index (χ3v) is 5.98. The number of hydrogen-bond donors (Lipinski definition) is 0. The van der Waals surface area contributed by atoms with E-state index in [1.54, 1.807) is 18.5 Å². The number of likely N-dealkylation sites (tertiary alicyclic amines) is 1. The van der Waals surface area contributed by atoms with Gasteiger partial charge in [-0.3, -0.25) is 4.79 Å². The highest BCUT2D eigenvalue weighted by molar-refractivity contribution is 5.98. The number of amides is 1. The van der Waals surface area contributed by atoms with Gasteiger partial charge in [0.2, 0.25) is 0 Å². The number of halogens is 3. The van der Waals surface area contributed by atoms with E-state index in [-0.39, 0.29) is 11.9 Å². The van der Waals surface area contributed by atoms with Crippen molar-refractivity contribution in [1.29, 1.82) is 0 Å². The maximum atomic E-state index is 13.7. The molecule has 34 heavy (non-hydrogen) atoms. The molecule has 1 amide bonds. The first kappa shape index (κ1) is 23.7. The lowest BCUT2D eigenvalue weighted by molar-refractivity contribution is -0.138. The van der Waals surface area contributed by atoms with Crippen LogP contribution >= 0.6 is 0 Å². The molecule has 1 aliphatic rings. The van der Waals surface area contributed by atoms with Crippen molar-refractivity contribution in [2.75, 3.05) is 6.54 Å². The summed E-state index contributed by atoms with van der Waals surface area (Å²) in [5.41, 5.74) is 0.707. The Labute approximate surface area is 195 Å². The predicted octanol–water partition coefficient (Wildman–Crippen LogP) is 4.53. The quantitative estimate of drug-likeness (QED) is 0.545. The number of alkyl halides is 3. The van der Waals surface area contributed by atoms with E-state index in [1.165, 1.54) is 0 Å². The number of piperidine rings is 1. The number of aromatic nitrogens is 5. The Kier molecular flexibility index (Phi) is 6.85. The zero-order chi connectivity index (χ0) is 24.3. The highest BCUT2D eigenvalue weighted by atomic mass is 19.4. The minimum atomic E-state index is -4.47. The lowest BCUT2D eigenvalue weighted by Gasteiger charge is -2.39. The molecule has 0 saturated carbocycles. The third-order valence-electron chi connectivity index (χ3n) is 5.98. The first-order chi connectivity index (χ1) is 16.2. The molecule has 7 nitrogen and oxygen atoms in total. The number of aryl methyl sites for hydroxylation is 2. The Morgan fingerprint density at radius 2 is 1.79 bits per heavy atom. The van der Waals surface area contributed by atoms with Crippen molar-refractivity contribution in [2.45, 2.75) is 51.7 Å². The Morgan fingerprint density at radius 1 is 1.09 bits per heavy atom. The molecule has 1 fully saturated rings. The highest BCUT2D eigenvalue weighted by Crippen LogP contribution is 2.30. The SMILES string of the molecule is Cc1ccc(-c2ncccn2)c(C(=O)N2C[C@@H](C)CC[C@H]2CCc2ncc(C(F)(F)F)cn2)n1. The summed E-state index contributed by atoms with van der Waals surface area (Å²) in [5.74, 6) is 0.879. The average molecular weight is 470 g/mol. The lowest BCUT2D eigenvalue weighted by Crippen LogP contribution is -2.47. The largest absolute Gasteiger partial charge is 0.419 e. The molecule has 0 radical (unpaired) electrons. The van der Waals surface area contributed by atoms with E-state index in [4.69, 9.17) is 0 Å². The molecule has 0 bridgehead atoms. The first-order valence-corrected chi connectivity index (χ1v) is 11.2. The summed E-state index contributed by atoms with van der Waals surface area (Å²) in [6.07, 6.45) is 3.03. The summed E-state index contributed by atoms with van der Waals surface area (Å²) in [6, 6.07) is 5.24. The molecule has 0 N–H and O–H groups in total. The van der Waals surface area contributed by atoms with Gasteiger partial charge < -0.3 is 4.90 Å². The normalized spacial score (nSPS) is 18.7. The van der Waals surface area contributed by atoms with Crippen LogP contribution in [0.5, 0.6) is 0 Å². The summed E-state index contributed by atoms with van der Waals surface area (Å²) in [4.78, 5) is 36.4. The third kappa shape index (κ3) is 5.37. The molecule has 4 heterocycles. The van der Waals surface area contributed by atoms with Gasteiger partial charge in [-0.2, -0.15) is 13.2 Å². The maximum Gasteiger partial charge on any atom is 0.419 e. The van der Waals surface area contributed by atoms with Gasteiger partial charge in [0.15, 0.2) is 5.82 Å². The van der Waals surface area contributed by atoms with E-state index < -0.39 is 11.7 Å². The van der Waals surface area contributed by atoms with Crippen LogP contribution in [0.3, 0.4) is 0 Å². The van der Waals surface area contributed by atoms with Crippen LogP contribution in [0, 0.1) is 12.8 Å². The molecule has 0 aliphatic carbocycles. The van der Waals surface area contributed by atoms with Crippen LogP contribution in [0.25, 0.3) is 11.4 Å². The summed E-state index contributed by atoms with van der Waals surface area (Å²) >= 11 is 0. The maximum absolute atomic E-state index is 13.7. The second-order valence-electron chi connectivity index (χ2n) is 8.64. The molecule has 0 unspecified atom stereocenters. The van der Waals surface area contributed by atoms with Crippen molar-refractivity contribution in [3.63, 3.8) is 0 Å². The fourth-order valence-electron chi connectivity index (χ4n) is 4.16. The van der Waals surface area contributed by atoms with Crippen LogP contribution in [0.15, 0.2) is 43.0 Å². The van der Waals surface area contributed by atoms with Crippen LogP contribution in [0.4, 0.5) is 13.2 Å². The van der Waals surface area contributed by atoms with E-state index in [0.29, 0.717) is 53.9 Å². The molecule has 1 aliphatic heterocycles. The predicted molar refractivity (Wildman–Crippen MR) is 119 cm³/mol. The standard InChI is InChI=1S/C24H25F3N6O/c1-15-4-6-18(7-9-20-30-12-17(13-31-20)24(25,26)27)33(14-15)23(34)21-19(8-5-16(2)32-21)22-28-10-3-11-29-22/h3,5,8,10-13,15,18H,4,6-7,9,14H2,1-2H3/t15-,18-/m0/s1. The van der Waals surface area contributed by atoms with Gasteiger partial charge in [0.05, 0.1) is 11.1 Å². The van der Waals surface area contributed by atoms with Crippen LogP contribution in [0.1, 0.15) is 53.8 Å². The highest BCUT2D eigenvalue weighted by Gasteiger charge is 2.33. The van der Waals surface area contributed by atoms with Gasteiger partial charge in [0.1, 0.15) is 11.5 Å². The molecule has 3 aromatic rings. The number of nitrogens with zero attached hydrogens (tertiary/aromatic N) is 6. The molecule has 4 rings (SSSR count). The summed E-state index contributed by atoms with van der Waals surface area (Å²) in [5, 5.41) is 0. The molecule has 2 atom stereocenters. The van der Waals surface area contributed by atoms with Crippen molar-refractivity contribution in [3.05, 3.63) is 65.8 Å². The molecule has 10 heteroatoms. The minimum absolute atomic E-state index is 0.0959. The molecule has 3 aromatic heterocycles. The fraction of sp³-hybridized carbons (Fsp3) is 0.417. The number of carbonyl (C=O) groups excluding carboxylic acids is 1. The second kappa shape index (κ2) is 9.82. The van der Waals surface area contributed by atoms with Gasteiger partial charge in [0.25, 0.3) is 5.91 Å². The lowest BCUT2D eigenvalue weighted by atomic mass is 9.91. The zero-order valence-corrected chi connectivity index (χ0v) is 19.0.